The number of amides is 2. The molecule has 0 fully saturated rings. The zero-order valence-electron chi connectivity index (χ0n) is 18.2. The summed E-state index contributed by atoms with van der Waals surface area (Å²) in [5.41, 5.74) is 1.54. The molecule has 0 saturated heterocycles. The third-order valence-corrected chi connectivity index (χ3v) is 4.68. The van der Waals surface area contributed by atoms with Crippen molar-refractivity contribution < 1.29 is 9.59 Å². The van der Waals surface area contributed by atoms with Gasteiger partial charge in [-0.25, -0.2) is 0 Å². The highest BCUT2D eigenvalue weighted by atomic mass is 16.2. The highest BCUT2D eigenvalue weighted by molar-refractivity contribution is 5.99. The number of hydrogen-bond acceptors (Lipinski definition) is 3. The molecule has 0 bridgehead atoms. The van der Waals surface area contributed by atoms with Gasteiger partial charge in [-0.05, 0) is 32.3 Å². The maximum absolute atomic E-state index is 13.0. The van der Waals surface area contributed by atoms with Gasteiger partial charge in [-0.1, -0.05) is 43.7 Å². The number of nitrogens with one attached hydrogen (secondary N) is 1. The van der Waals surface area contributed by atoms with Crippen LogP contribution in [0.3, 0.4) is 0 Å². The molecule has 2 amide bonds. The summed E-state index contributed by atoms with van der Waals surface area (Å²) >= 11 is 0. The van der Waals surface area contributed by atoms with E-state index in [0.29, 0.717) is 13.1 Å². The monoisotopic (exact) mass is 397 g/mol. The molecule has 0 spiro atoms. The minimum atomic E-state index is -0.538. The number of carbonyl (C=O) groups is 2. The quantitative estimate of drug-likeness (QED) is 0.778. The number of benzene rings is 1. The van der Waals surface area contributed by atoms with Crippen LogP contribution >= 0.6 is 0 Å². The molecule has 156 valence electrons. The van der Waals surface area contributed by atoms with E-state index in [2.05, 4.69) is 5.32 Å². The van der Waals surface area contributed by atoms with Crippen molar-refractivity contribution in [3.8, 4) is 0 Å². The molecule has 0 unspecified atom stereocenters. The Morgan fingerprint density at radius 2 is 1.62 bits per heavy atom. The molecule has 1 heterocycles. The van der Waals surface area contributed by atoms with E-state index in [0.717, 1.165) is 11.1 Å². The Hall–Kier alpha value is -2.89. The summed E-state index contributed by atoms with van der Waals surface area (Å²) in [6, 6.07) is 7.81. The van der Waals surface area contributed by atoms with E-state index in [1.165, 1.54) is 11.1 Å². The lowest BCUT2D eigenvalue weighted by atomic mass is 10.1. The van der Waals surface area contributed by atoms with Gasteiger partial charge in [-0.2, -0.15) is 0 Å². The van der Waals surface area contributed by atoms with Crippen LogP contribution in [-0.2, 0) is 6.54 Å². The zero-order valence-corrected chi connectivity index (χ0v) is 18.2. The van der Waals surface area contributed by atoms with E-state index in [9.17, 15) is 14.4 Å². The van der Waals surface area contributed by atoms with Crippen LogP contribution in [0.25, 0.3) is 0 Å². The Balaban J connectivity index is 2.33. The van der Waals surface area contributed by atoms with E-state index in [-0.39, 0.29) is 29.0 Å². The number of rotatable bonds is 7. The average molecular weight is 398 g/mol. The summed E-state index contributed by atoms with van der Waals surface area (Å²) in [6.07, 6.45) is 3.07. The third kappa shape index (κ3) is 5.79. The molecule has 1 aromatic carbocycles. The van der Waals surface area contributed by atoms with Gasteiger partial charge in [0.1, 0.15) is 11.1 Å². The lowest BCUT2D eigenvalue weighted by Gasteiger charge is -2.21. The second-order valence-electron chi connectivity index (χ2n) is 8.20. The molecule has 0 aliphatic rings. The van der Waals surface area contributed by atoms with Gasteiger partial charge in [0.15, 0.2) is 0 Å². The van der Waals surface area contributed by atoms with Gasteiger partial charge in [0.2, 0.25) is 5.43 Å². The molecule has 6 heteroatoms. The van der Waals surface area contributed by atoms with E-state index in [4.69, 9.17) is 0 Å². The van der Waals surface area contributed by atoms with Crippen molar-refractivity contribution in [2.24, 2.45) is 5.92 Å². The van der Waals surface area contributed by atoms with Crippen LogP contribution in [0.5, 0.6) is 0 Å². The van der Waals surface area contributed by atoms with Crippen molar-refractivity contribution in [3.05, 3.63) is 69.1 Å². The molecule has 1 N–H and O–H groups in total. The fourth-order valence-electron chi connectivity index (χ4n) is 3.03. The Morgan fingerprint density at radius 1 is 1.03 bits per heavy atom. The number of carbonyl (C=O) groups excluding carboxylic acids is 2. The third-order valence-electron chi connectivity index (χ3n) is 4.68. The summed E-state index contributed by atoms with van der Waals surface area (Å²) in [5, 5.41) is 2.79. The van der Waals surface area contributed by atoms with E-state index >= 15 is 0 Å². The van der Waals surface area contributed by atoms with Crippen LogP contribution < -0.4 is 10.7 Å². The Morgan fingerprint density at radius 3 is 2.17 bits per heavy atom. The minimum absolute atomic E-state index is 0.00111. The lowest BCUT2D eigenvalue weighted by molar-refractivity contribution is 0.0777. The first-order valence-corrected chi connectivity index (χ1v) is 9.95. The second kappa shape index (κ2) is 9.54. The Bertz CT molecular complexity index is 927. The average Bonchev–Trinajstić information content (AvgIpc) is 2.66. The van der Waals surface area contributed by atoms with Gasteiger partial charge in [0, 0.05) is 38.6 Å². The van der Waals surface area contributed by atoms with Crippen LogP contribution in [0.15, 0.2) is 41.5 Å². The van der Waals surface area contributed by atoms with Gasteiger partial charge in [0.05, 0.1) is 0 Å². The van der Waals surface area contributed by atoms with Crippen molar-refractivity contribution in [2.75, 3.05) is 13.6 Å². The molecule has 1 aromatic heterocycles. The van der Waals surface area contributed by atoms with E-state index in [1.807, 2.05) is 58.9 Å². The lowest BCUT2D eigenvalue weighted by Crippen LogP contribution is -2.37. The molecule has 29 heavy (non-hydrogen) atoms. The van der Waals surface area contributed by atoms with Crippen LogP contribution in [0.4, 0.5) is 0 Å². The molecule has 6 nitrogen and oxygen atoms in total. The van der Waals surface area contributed by atoms with Crippen LogP contribution in [0, 0.1) is 12.8 Å². The van der Waals surface area contributed by atoms with Crippen LogP contribution in [-0.4, -0.2) is 34.9 Å². The summed E-state index contributed by atoms with van der Waals surface area (Å²) in [6.45, 7) is 10.7. The number of pyridine rings is 1. The number of hydrogen-bond donors (Lipinski definition) is 1. The number of aromatic nitrogens is 1. The fraction of sp³-hybridized carbons (Fsp3) is 0.435. The van der Waals surface area contributed by atoms with Crippen LogP contribution in [0.2, 0.25) is 0 Å². The van der Waals surface area contributed by atoms with Gasteiger partial charge in [-0.3, -0.25) is 14.4 Å². The Kier molecular flexibility index (Phi) is 7.37. The van der Waals surface area contributed by atoms with Crippen molar-refractivity contribution in [1.29, 1.82) is 0 Å². The molecule has 0 saturated carbocycles. The molecular weight excluding hydrogens is 366 g/mol. The fourth-order valence-corrected chi connectivity index (χ4v) is 3.03. The molecule has 0 aliphatic carbocycles. The highest BCUT2D eigenvalue weighted by Gasteiger charge is 2.22. The van der Waals surface area contributed by atoms with Crippen molar-refractivity contribution in [2.45, 2.75) is 47.2 Å². The molecule has 0 atom stereocenters. The SMILES string of the molecule is Cc1ccc(CNC(=O)c2cn(C(C)C)cc(C(=O)N(C)CC(C)C)c2=O)cc1. The maximum atomic E-state index is 13.0. The molecular formula is C23H31N3O3. The normalized spacial score (nSPS) is 11.0. The number of aryl methyl sites for hydroxylation is 1. The predicted molar refractivity (Wildman–Crippen MR) is 115 cm³/mol. The topological polar surface area (TPSA) is 71.4 Å². The van der Waals surface area contributed by atoms with E-state index < -0.39 is 11.3 Å². The Labute approximate surface area is 172 Å². The predicted octanol–water partition coefficient (Wildman–Crippen LogP) is 3.40. The molecule has 0 aliphatic heterocycles. The minimum Gasteiger partial charge on any atom is -0.350 e. The standard InChI is InChI=1S/C23H31N3O3/c1-15(2)12-25(6)23(29)20-14-26(16(3)4)13-19(21(20)27)22(28)24-11-18-9-7-17(5)8-10-18/h7-10,13-16H,11-12H2,1-6H3,(H,24,28). The first-order chi connectivity index (χ1) is 13.6. The van der Waals surface area contributed by atoms with Crippen molar-refractivity contribution in [3.63, 3.8) is 0 Å². The van der Waals surface area contributed by atoms with Gasteiger partial charge >= 0.3 is 0 Å². The molecule has 2 aromatic rings. The van der Waals surface area contributed by atoms with Gasteiger partial charge in [0.25, 0.3) is 11.8 Å². The van der Waals surface area contributed by atoms with Crippen molar-refractivity contribution in [1.82, 2.24) is 14.8 Å². The largest absolute Gasteiger partial charge is 0.350 e. The maximum Gasteiger partial charge on any atom is 0.259 e. The smallest absolute Gasteiger partial charge is 0.259 e. The molecule has 0 radical (unpaired) electrons. The zero-order chi connectivity index (χ0) is 21.7. The van der Waals surface area contributed by atoms with E-state index in [1.54, 1.807) is 17.8 Å². The van der Waals surface area contributed by atoms with Crippen LogP contribution in [0.1, 0.15) is 65.6 Å². The first-order valence-electron chi connectivity index (χ1n) is 9.95. The van der Waals surface area contributed by atoms with Gasteiger partial charge in [-0.15, -0.1) is 0 Å². The summed E-state index contributed by atoms with van der Waals surface area (Å²) in [5.74, 6) is -0.574. The highest BCUT2D eigenvalue weighted by Crippen LogP contribution is 2.10. The number of nitrogens with zero attached hydrogens (tertiary/aromatic N) is 2. The summed E-state index contributed by atoms with van der Waals surface area (Å²) in [4.78, 5) is 40.1. The summed E-state index contributed by atoms with van der Waals surface area (Å²) < 4.78 is 1.73. The summed E-state index contributed by atoms with van der Waals surface area (Å²) in [7, 11) is 1.67. The van der Waals surface area contributed by atoms with Crippen molar-refractivity contribution >= 4 is 11.8 Å². The first kappa shape index (κ1) is 22.4. The van der Waals surface area contributed by atoms with Gasteiger partial charge < -0.3 is 14.8 Å². The second-order valence-corrected chi connectivity index (χ2v) is 8.20. The molecule has 2 rings (SSSR count).